The lowest BCUT2D eigenvalue weighted by molar-refractivity contribution is 0.266. The maximum absolute atomic E-state index is 11.9. The fourth-order valence-electron chi connectivity index (χ4n) is 1.22. The molecule has 0 saturated heterocycles. The maximum atomic E-state index is 11.9. The molecule has 0 saturated carbocycles. The molecule has 0 unspecified atom stereocenters. The molecule has 0 bridgehead atoms. The first-order valence-electron chi connectivity index (χ1n) is 5.57. The lowest BCUT2D eigenvalue weighted by Gasteiger charge is -2.23. The first kappa shape index (κ1) is 15.5. The van der Waals surface area contributed by atoms with Gasteiger partial charge in [0.1, 0.15) is 4.47 Å². The van der Waals surface area contributed by atoms with Gasteiger partial charge in [-0.2, -0.15) is 16.9 Å². The predicted molar refractivity (Wildman–Crippen MR) is 79.4 cm³/mol. The van der Waals surface area contributed by atoms with Crippen LogP contribution < -0.4 is 10.9 Å². The standard InChI is InChI=1S/C11H18BrN3O2S/c1-11(2,18-3)7-13-8-6-14-15(4-5-16)10(17)9(8)12/h6,13,16H,4-5,7H2,1-3H3. The molecule has 0 aliphatic heterocycles. The molecule has 0 fully saturated rings. The zero-order valence-electron chi connectivity index (χ0n) is 10.7. The predicted octanol–water partition coefficient (Wildman–Crippen LogP) is 1.55. The van der Waals surface area contributed by atoms with Gasteiger partial charge in [-0.3, -0.25) is 4.79 Å². The second kappa shape index (κ2) is 6.58. The van der Waals surface area contributed by atoms with Crippen LogP contribution in [0.25, 0.3) is 0 Å². The number of rotatable bonds is 6. The van der Waals surface area contributed by atoms with Crippen molar-refractivity contribution in [3.63, 3.8) is 0 Å². The second-order valence-corrected chi connectivity index (χ2v) is 6.75. The number of anilines is 1. The first-order valence-corrected chi connectivity index (χ1v) is 7.58. The van der Waals surface area contributed by atoms with E-state index in [1.165, 1.54) is 4.68 Å². The number of hydrogen-bond acceptors (Lipinski definition) is 5. The van der Waals surface area contributed by atoms with Crippen molar-refractivity contribution in [2.75, 3.05) is 24.7 Å². The minimum absolute atomic E-state index is 0.0827. The Hall–Kier alpha value is -0.530. The number of nitrogens with zero attached hydrogens (tertiary/aromatic N) is 2. The number of aliphatic hydroxyl groups excluding tert-OH is 1. The SMILES string of the molecule is CSC(C)(C)CNc1cnn(CCO)c(=O)c1Br. The third-order valence-electron chi connectivity index (χ3n) is 2.55. The number of nitrogens with one attached hydrogen (secondary N) is 1. The highest BCUT2D eigenvalue weighted by Gasteiger charge is 2.17. The highest BCUT2D eigenvalue weighted by Crippen LogP contribution is 2.23. The molecule has 7 heteroatoms. The van der Waals surface area contributed by atoms with Gasteiger partial charge in [-0.05, 0) is 36.0 Å². The molecule has 1 heterocycles. The molecule has 1 aromatic rings. The molecule has 0 spiro atoms. The Morgan fingerprint density at radius 3 is 2.83 bits per heavy atom. The number of thioether (sulfide) groups is 1. The molecule has 102 valence electrons. The van der Waals surface area contributed by atoms with Crippen molar-refractivity contribution in [2.45, 2.75) is 25.1 Å². The van der Waals surface area contributed by atoms with E-state index in [1.54, 1.807) is 18.0 Å². The molecule has 2 N–H and O–H groups in total. The van der Waals surface area contributed by atoms with E-state index in [-0.39, 0.29) is 23.5 Å². The Morgan fingerprint density at radius 1 is 1.61 bits per heavy atom. The summed E-state index contributed by atoms with van der Waals surface area (Å²) in [6, 6.07) is 0. The molecule has 0 amide bonds. The molecule has 0 aliphatic carbocycles. The van der Waals surface area contributed by atoms with Gasteiger partial charge in [0.15, 0.2) is 0 Å². The molecular formula is C11H18BrN3O2S. The van der Waals surface area contributed by atoms with Gasteiger partial charge < -0.3 is 10.4 Å². The van der Waals surface area contributed by atoms with E-state index in [9.17, 15) is 4.79 Å². The third-order valence-corrected chi connectivity index (χ3v) is 4.57. The van der Waals surface area contributed by atoms with Crippen LogP contribution in [0.15, 0.2) is 15.5 Å². The average molecular weight is 336 g/mol. The lowest BCUT2D eigenvalue weighted by Crippen LogP contribution is -2.29. The van der Waals surface area contributed by atoms with Crippen molar-refractivity contribution in [1.82, 2.24) is 9.78 Å². The van der Waals surface area contributed by atoms with Crippen LogP contribution in [0.3, 0.4) is 0 Å². The zero-order chi connectivity index (χ0) is 13.8. The van der Waals surface area contributed by atoms with E-state index in [2.05, 4.69) is 40.2 Å². The highest BCUT2D eigenvalue weighted by atomic mass is 79.9. The molecular weight excluding hydrogens is 318 g/mol. The van der Waals surface area contributed by atoms with Crippen molar-refractivity contribution >= 4 is 33.4 Å². The van der Waals surface area contributed by atoms with Crippen LogP contribution >= 0.6 is 27.7 Å². The van der Waals surface area contributed by atoms with E-state index < -0.39 is 0 Å². The van der Waals surface area contributed by atoms with E-state index in [0.717, 1.165) is 6.54 Å². The number of aromatic nitrogens is 2. The van der Waals surface area contributed by atoms with E-state index in [1.807, 2.05) is 6.26 Å². The van der Waals surface area contributed by atoms with Gasteiger partial charge in [0.25, 0.3) is 5.56 Å². The summed E-state index contributed by atoms with van der Waals surface area (Å²) in [5.74, 6) is 0. The van der Waals surface area contributed by atoms with Gasteiger partial charge >= 0.3 is 0 Å². The summed E-state index contributed by atoms with van der Waals surface area (Å²) in [5.41, 5.74) is 0.437. The Bertz CT molecular complexity index is 462. The molecule has 5 nitrogen and oxygen atoms in total. The summed E-state index contributed by atoms with van der Waals surface area (Å²) in [6.45, 7) is 5.08. The van der Waals surface area contributed by atoms with Crippen LogP contribution in [0.1, 0.15) is 13.8 Å². The Labute approximate surface area is 119 Å². The monoisotopic (exact) mass is 335 g/mol. The minimum Gasteiger partial charge on any atom is -0.394 e. The molecule has 18 heavy (non-hydrogen) atoms. The smallest absolute Gasteiger partial charge is 0.283 e. The summed E-state index contributed by atoms with van der Waals surface area (Å²) < 4.78 is 1.76. The number of halogens is 1. The van der Waals surface area contributed by atoms with Gasteiger partial charge in [0.05, 0.1) is 25.0 Å². The lowest BCUT2D eigenvalue weighted by atomic mass is 10.2. The molecule has 0 aliphatic rings. The highest BCUT2D eigenvalue weighted by molar-refractivity contribution is 9.10. The van der Waals surface area contributed by atoms with Crippen LogP contribution in [0, 0.1) is 0 Å². The summed E-state index contributed by atoms with van der Waals surface area (Å²) in [5, 5.41) is 16.0. The van der Waals surface area contributed by atoms with Crippen LogP contribution in [0.4, 0.5) is 5.69 Å². The zero-order valence-corrected chi connectivity index (χ0v) is 13.1. The van der Waals surface area contributed by atoms with Crippen LogP contribution in [0.2, 0.25) is 0 Å². The van der Waals surface area contributed by atoms with Crippen molar-refractivity contribution in [2.24, 2.45) is 0 Å². The van der Waals surface area contributed by atoms with Crippen LogP contribution in [-0.4, -0.2) is 39.0 Å². The topological polar surface area (TPSA) is 67.2 Å². The van der Waals surface area contributed by atoms with Gasteiger partial charge in [-0.25, -0.2) is 4.68 Å². The Balaban J connectivity index is 2.86. The molecule has 0 aromatic carbocycles. The molecule has 0 radical (unpaired) electrons. The van der Waals surface area contributed by atoms with Crippen LogP contribution in [-0.2, 0) is 6.54 Å². The van der Waals surface area contributed by atoms with Crippen molar-refractivity contribution in [3.8, 4) is 0 Å². The molecule has 0 atom stereocenters. The molecule has 1 rings (SSSR count). The maximum Gasteiger partial charge on any atom is 0.283 e. The van der Waals surface area contributed by atoms with Gasteiger partial charge in [0, 0.05) is 11.3 Å². The largest absolute Gasteiger partial charge is 0.394 e. The fraction of sp³-hybridized carbons (Fsp3) is 0.636. The summed E-state index contributed by atoms with van der Waals surface area (Å²) in [7, 11) is 0. The van der Waals surface area contributed by atoms with Gasteiger partial charge in [-0.15, -0.1) is 0 Å². The van der Waals surface area contributed by atoms with E-state index >= 15 is 0 Å². The van der Waals surface area contributed by atoms with Gasteiger partial charge in [-0.1, -0.05) is 0 Å². The third kappa shape index (κ3) is 4.00. The second-order valence-electron chi connectivity index (χ2n) is 4.44. The fourth-order valence-corrected chi connectivity index (χ4v) is 1.89. The van der Waals surface area contributed by atoms with E-state index in [4.69, 9.17) is 5.11 Å². The quantitative estimate of drug-likeness (QED) is 0.825. The van der Waals surface area contributed by atoms with Crippen LogP contribution in [0.5, 0.6) is 0 Å². The minimum atomic E-state index is -0.240. The summed E-state index contributed by atoms with van der Waals surface area (Å²) in [4.78, 5) is 11.9. The Morgan fingerprint density at radius 2 is 2.28 bits per heavy atom. The summed E-state index contributed by atoms with van der Waals surface area (Å²) >= 11 is 5.02. The van der Waals surface area contributed by atoms with E-state index in [0.29, 0.717) is 10.2 Å². The first-order chi connectivity index (χ1) is 8.41. The van der Waals surface area contributed by atoms with Crippen molar-refractivity contribution < 1.29 is 5.11 Å². The van der Waals surface area contributed by atoms with Gasteiger partial charge in [0.2, 0.25) is 0 Å². The van der Waals surface area contributed by atoms with Crippen molar-refractivity contribution in [1.29, 1.82) is 0 Å². The molecule has 1 aromatic heterocycles. The summed E-state index contributed by atoms with van der Waals surface area (Å²) in [6.07, 6.45) is 3.64. The van der Waals surface area contributed by atoms with Crippen molar-refractivity contribution in [3.05, 3.63) is 21.0 Å². The Kier molecular flexibility index (Phi) is 5.68. The normalized spacial score (nSPS) is 11.6. The number of hydrogen-bond donors (Lipinski definition) is 2. The number of aliphatic hydroxyl groups is 1. The average Bonchev–Trinajstić information content (AvgIpc) is 2.34.